The van der Waals surface area contributed by atoms with Gasteiger partial charge in [0.1, 0.15) is 0 Å². The van der Waals surface area contributed by atoms with Crippen LogP contribution in [0.15, 0.2) is 18.2 Å². The maximum atomic E-state index is 5.30. The van der Waals surface area contributed by atoms with E-state index >= 15 is 0 Å². The van der Waals surface area contributed by atoms with Gasteiger partial charge in [0.15, 0.2) is 0 Å². The first-order chi connectivity index (χ1) is 6.86. The highest BCUT2D eigenvalue weighted by atomic mass is 16.5. The van der Waals surface area contributed by atoms with Crippen LogP contribution in [0.25, 0.3) is 0 Å². The summed E-state index contributed by atoms with van der Waals surface area (Å²) < 4.78 is 5.30. The molecule has 3 nitrogen and oxygen atoms in total. The molecule has 0 atom stereocenters. The first kappa shape index (κ1) is 11.1. The minimum atomic E-state index is 0.608. The van der Waals surface area contributed by atoms with Gasteiger partial charge in [-0.05, 0) is 25.6 Å². The molecule has 0 amide bonds. The normalized spacial score (nSPS) is 10.4. The standard InChI is InChI=1S/C11H18N2O/c1-3-12-8-10-6-5-7-11(13-10)9-14-4-2/h5-7,12H,3-4,8-9H2,1-2H3. The Morgan fingerprint density at radius 2 is 2.07 bits per heavy atom. The monoisotopic (exact) mass is 194 g/mol. The molecular weight excluding hydrogens is 176 g/mol. The molecule has 14 heavy (non-hydrogen) atoms. The quantitative estimate of drug-likeness (QED) is 0.749. The van der Waals surface area contributed by atoms with Crippen LogP contribution in [0.3, 0.4) is 0 Å². The lowest BCUT2D eigenvalue weighted by atomic mass is 10.3. The summed E-state index contributed by atoms with van der Waals surface area (Å²) in [7, 11) is 0. The van der Waals surface area contributed by atoms with Gasteiger partial charge in [-0.2, -0.15) is 0 Å². The van der Waals surface area contributed by atoms with Gasteiger partial charge in [-0.25, -0.2) is 0 Å². The number of nitrogens with zero attached hydrogens (tertiary/aromatic N) is 1. The number of nitrogens with one attached hydrogen (secondary N) is 1. The summed E-state index contributed by atoms with van der Waals surface area (Å²) in [6, 6.07) is 6.04. The van der Waals surface area contributed by atoms with Crippen molar-refractivity contribution in [3.05, 3.63) is 29.6 Å². The van der Waals surface area contributed by atoms with Crippen LogP contribution in [-0.4, -0.2) is 18.1 Å². The smallest absolute Gasteiger partial charge is 0.0887 e. The highest BCUT2D eigenvalue weighted by molar-refractivity contribution is 5.10. The molecule has 0 spiro atoms. The summed E-state index contributed by atoms with van der Waals surface area (Å²) in [6.45, 7) is 7.22. The molecule has 0 saturated heterocycles. The Balaban J connectivity index is 2.50. The minimum Gasteiger partial charge on any atom is -0.375 e. The molecule has 0 radical (unpaired) electrons. The van der Waals surface area contributed by atoms with Crippen molar-refractivity contribution in [2.75, 3.05) is 13.2 Å². The molecule has 0 saturated carbocycles. The van der Waals surface area contributed by atoms with Crippen LogP contribution in [0.5, 0.6) is 0 Å². The van der Waals surface area contributed by atoms with Crippen molar-refractivity contribution in [1.29, 1.82) is 0 Å². The maximum absolute atomic E-state index is 5.30. The Bertz CT molecular complexity index is 240. The van der Waals surface area contributed by atoms with Crippen LogP contribution >= 0.6 is 0 Å². The van der Waals surface area contributed by atoms with E-state index in [1.54, 1.807) is 0 Å². The van der Waals surface area contributed by atoms with E-state index in [9.17, 15) is 0 Å². The molecule has 0 aliphatic heterocycles. The fourth-order valence-electron chi connectivity index (χ4n) is 1.17. The third-order valence-electron chi connectivity index (χ3n) is 1.87. The Morgan fingerprint density at radius 1 is 1.29 bits per heavy atom. The molecule has 1 rings (SSSR count). The van der Waals surface area contributed by atoms with Gasteiger partial charge in [0, 0.05) is 13.2 Å². The Kier molecular flexibility index (Phi) is 5.19. The topological polar surface area (TPSA) is 34.1 Å². The lowest BCUT2D eigenvalue weighted by Gasteiger charge is -2.04. The summed E-state index contributed by atoms with van der Waals surface area (Å²) in [5, 5.41) is 3.24. The van der Waals surface area contributed by atoms with Crippen molar-refractivity contribution in [3.8, 4) is 0 Å². The van der Waals surface area contributed by atoms with E-state index in [-0.39, 0.29) is 0 Å². The number of pyridine rings is 1. The molecule has 3 heteroatoms. The van der Waals surface area contributed by atoms with E-state index in [4.69, 9.17) is 4.74 Å². The molecule has 1 aromatic rings. The fourth-order valence-corrected chi connectivity index (χ4v) is 1.17. The maximum Gasteiger partial charge on any atom is 0.0887 e. The van der Waals surface area contributed by atoms with E-state index < -0.39 is 0 Å². The predicted molar refractivity (Wildman–Crippen MR) is 56.9 cm³/mol. The van der Waals surface area contributed by atoms with Gasteiger partial charge < -0.3 is 10.1 Å². The molecule has 1 N–H and O–H groups in total. The van der Waals surface area contributed by atoms with Crippen molar-refractivity contribution in [3.63, 3.8) is 0 Å². The second-order valence-corrected chi connectivity index (χ2v) is 3.04. The molecule has 1 aromatic heterocycles. The fraction of sp³-hybridized carbons (Fsp3) is 0.545. The van der Waals surface area contributed by atoms with Crippen molar-refractivity contribution < 1.29 is 4.74 Å². The van der Waals surface area contributed by atoms with Crippen molar-refractivity contribution in [2.24, 2.45) is 0 Å². The molecule has 78 valence electrons. The first-order valence-corrected chi connectivity index (χ1v) is 5.10. The lowest BCUT2D eigenvalue weighted by Crippen LogP contribution is -2.13. The largest absolute Gasteiger partial charge is 0.375 e. The number of hydrogen-bond acceptors (Lipinski definition) is 3. The average molecular weight is 194 g/mol. The van der Waals surface area contributed by atoms with E-state index in [2.05, 4.69) is 17.2 Å². The zero-order valence-corrected chi connectivity index (χ0v) is 8.92. The third kappa shape index (κ3) is 3.85. The summed E-state index contributed by atoms with van der Waals surface area (Å²) in [5.74, 6) is 0. The van der Waals surface area contributed by atoms with Gasteiger partial charge in [-0.1, -0.05) is 13.0 Å². The molecule has 0 fully saturated rings. The Morgan fingerprint density at radius 3 is 2.79 bits per heavy atom. The SMILES string of the molecule is CCNCc1cccc(COCC)n1. The molecule has 0 aromatic carbocycles. The van der Waals surface area contributed by atoms with Crippen LogP contribution in [0, 0.1) is 0 Å². The number of aromatic nitrogens is 1. The van der Waals surface area contributed by atoms with E-state index in [1.807, 2.05) is 25.1 Å². The lowest BCUT2D eigenvalue weighted by molar-refractivity contribution is 0.131. The van der Waals surface area contributed by atoms with Gasteiger partial charge in [0.05, 0.1) is 18.0 Å². The van der Waals surface area contributed by atoms with Crippen molar-refractivity contribution in [2.45, 2.75) is 27.0 Å². The van der Waals surface area contributed by atoms with Crippen LogP contribution in [-0.2, 0) is 17.9 Å². The zero-order chi connectivity index (χ0) is 10.2. The average Bonchev–Trinajstić information content (AvgIpc) is 2.24. The van der Waals surface area contributed by atoms with E-state index in [1.165, 1.54) is 0 Å². The van der Waals surface area contributed by atoms with Crippen molar-refractivity contribution >= 4 is 0 Å². The van der Waals surface area contributed by atoms with Crippen LogP contribution in [0.1, 0.15) is 25.2 Å². The van der Waals surface area contributed by atoms with Gasteiger partial charge in [0.2, 0.25) is 0 Å². The second kappa shape index (κ2) is 6.51. The molecular formula is C11H18N2O. The van der Waals surface area contributed by atoms with Crippen LogP contribution in [0.4, 0.5) is 0 Å². The molecule has 0 aliphatic carbocycles. The number of hydrogen-bond donors (Lipinski definition) is 1. The van der Waals surface area contributed by atoms with Crippen molar-refractivity contribution in [1.82, 2.24) is 10.3 Å². The Hall–Kier alpha value is -0.930. The molecule has 0 unspecified atom stereocenters. The zero-order valence-electron chi connectivity index (χ0n) is 8.92. The summed E-state index contributed by atoms with van der Waals surface area (Å²) in [5.41, 5.74) is 2.08. The number of rotatable bonds is 6. The van der Waals surface area contributed by atoms with Gasteiger partial charge >= 0.3 is 0 Å². The van der Waals surface area contributed by atoms with E-state index in [0.717, 1.165) is 31.1 Å². The summed E-state index contributed by atoms with van der Waals surface area (Å²) in [4.78, 5) is 4.46. The summed E-state index contributed by atoms with van der Waals surface area (Å²) >= 11 is 0. The van der Waals surface area contributed by atoms with Gasteiger partial charge in [0.25, 0.3) is 0 Å². The predicted octanol–water partition coefficient (Wildman–Crippen LogP) is 1.73. The minimum absolute atomic E-state index is 0.608. The van der Waals surface area contributed by atoms with E-state index in [0.29, 0.717) is 6.61 Å². The molecule has 0 aliphatic rings. The number of ether oxygens (including phenoxy) is 1. The Labute approximate surface area is 85.5 Å². The van der Waals surface area contributed by atoms with Gasteiger partial charge in [-0.3, -0.25) is 4.98 Å². The highest BCUT2D eigenvalue weighted by Crippen LogP contribution is 2.00. The van der Waals surface area contributed by atoms with Crippen LogP contribution in [0.2, 0.25) is 0 Å². The molecule has 1 heterocycles. The first-order valence-electron chi connectivity index (χ1n) is 5.10. The third-order valence-corrected chi connectivity index (χ3v) is 1.87. The summed E-state index contributed by atoms with van der Waals surface area (Å²) in [6.07, 6.45) is 0. The van der Waals surface area contributed by atoms with Crippen LogP contribution < -0.4 is 5.32 Å². The second-order valence-electron chi connectivity index (χ2n) is 3.04. The highest BCUT2D eigenvalue weighted by Gasteiger charge is 1.96. The van der Waals surface area contributed by atoms with Gasteiger partial charge in [-0.15, -0.1) is 0 Å². The molecule has 0 bridgehead atoms.